The van der Waals surface area contributed by atoms with Gasteiger partial charge in [0.2, 0.25) is 5.91 Å². The summed E-state index contributed by atoms with van der Waals surface area (Å²) in [7, 11) is 0. The van der Waals surface area contributed by atoms with Crippen LogP contribution in [0.2, 0.25) is 0 Å². The normalized spacial score (nSPS) is 14.7. The topological polar surface area (TPSA) is 57.6 Å². The molecule has 2 rings (SSSR count). The average molecular weight is 289 g/mol. The first-order valence-electron chi connectivity index (χ1n) is 7.60. The molecule has 1 heterocycles. The lowest BCUT2D eigenvalue weighted by atomic mass is 9.78. The number of nitrogens with zero attached hydrogens (tertiary/aromatic N) is 1. The lowest BCUT2D eigenvalue weighted by Crippen LogP contribution is -2.41. The monoisotopic (exact) mass is 289 g/mol. The third kappa shape index (κ3) is 3.09. The molecule has 1 aliphatic rings. The summed E-state index contributed by atoms with van der Waals surface area (Å²) in [5.74, 6) is -0.908. The van der Waals surface area contributed by atoms with E-state index in [-0.39, 0.29) is 12.3 Å². The highest BCUT2D eigenvalue weighted by Crippen LogP contribution is 2.32. The van der Waals surface area contributed by atoms with Gasteiger partial charge in [0.05, 0.1) is 5.41 Å². The van der Waals surface area contributed by atoms with Crippen LogP contribution in [-0.2, 0) is 22.6 Å². The maximum atomic E-state index is 12.5. The fourth-order valence-corrected chi connectivity index (χ4v) is 2.99. The van der Waals surface area contributed by atoms with E-state index >= 15 is 0 Å². The Morgan fingerprint density at radius 1 is 1.19 bits per heavy atom. The second-order valence-corrected chi connectivity index (χ2v) is 5.80. The highest BCUT2D eigenvalue weighted by molar-refractivity contribution is 5.85. The number of carboxylic acids is 1. The predicted molar refractivity (Wildman–Crippen MR) is 80.8 cm³/mol. The van der Waals surface area contributed by atoms with Crippen LogP contribution in [0, 0.1) is 5.41 Å². The van der Waals surface area contributed by atoms with Gasteiger partial charge in [0.15, 0.2) is 0 Å². The molecule has 0 aromatic heterocycles. The van der Waals surface area contributed by atoms with Crippen molar-refractivity contribution < 1.29 is 14.7 Å². The van der Waals surface area contributed by atoms with Gasteiger partial charge in [-0.25, -0.2) is 0 Å². The maximum Gasteiger partial charge on any atom is 0.310 e. The Hall–Kier alpha value is -1.84. The summed E-state index contributed by atoms with van der Waals surface area (Å²) < 4.78 is 0. The van der Waals surface area contributed by atoms with Gasteiger partial charge in [-0.15, -0.1) is 0 Å². The Bertz CT molecular complexity index is 535. The summed E-state index contributed by atoms with van der Waals surface area (Å²) >= 11 is 0. The molecule has 0 atom stereocenters. The van der Waals surface area contributed by atoms with Crippen LogP contribution in [0.25, 0.3) is 0 Å². The molecular weight excluding hydrogens is 266 g/mol. The summed E-state index contributed by atoms with van der Waals surface area (Å²) in [6.07, 6.45) is 1.90. The van der Waals surface area contributed by atoms with Gasteiger partial charge in [0, 0.05) is 19.5 Å². The Kier molecular flexibility index (Phi) is 4.66. The number of carboxylic acid groups (broad SMARTS) is 1. The molecule has 114 valence electrons. The summed E-state index contributed by atoms with van der Waals surface area (Å²) in [5.41, 5.74) is 1.54. The molecule has 0 saturated carbocycles. The molecule has 0 unspecified atom stereocenters. The Balaban J connectivity index is 2.10. The minimum atomic E-state index is -0.923. The Morgan fingerprint density at radius 2 is 1.81 bits per heavy atom. The lowest BCUT2D eigenvalue weighted by molar-refractivity contribution is -0.154. The molecule has 0 saturated heterocycles. The van der Waals surface area contributed by atoms with E-state index < -0.39 is 11.4 Å². The van der Waals surface area contributed by atoms with Crippen LogP contribution >= 0.6 is 0 Å². The number of carbonyl (C=O) groups is 2. The molecule has 4 heteroatoms. The van der Waals surface area contributed by atoms with Gasteiger partial charge < -0.3 is 10.0 Å². The molecule has 1 amide bonds. The molecule has 1 aliphatic heterocycles. The second-order valence-electron chi connectivity index (χ2n) is 5.80. The second kappa shape index (κ2) is 6.29. The zero-order chi connectivity index (χ0) is 15.5. The maximum absolute atomic E-state index is 12.5. The van der Waals surface area contributed by atoms with Gasteiger partial charge in [-0.05, 0) is 30.4 Å². The van der Waals surface area contributed by atoms with Crippen LogP contribution in [0.15, 0.2) is 24.3 Å². The van der Waals surface area contributed by atoms with Crippen molar-refractivity contribution in [1.82, 2.24) is 4.90 Å². The summed E-state index contributed by atoms with van der Waals surface area (Å²) in [6.45, 7) is 4.96. The number of hydrogen-bond acceptors (Lipinski definition) is 2. The molecule has 0 spiro atoms. The number of fused-ring (bicyclic) bond motifs is 1. The molecule has 1 N–H and O–H groups in total. The van der Waals surface area contributed by atoms with Crippen LogP contribution in [0.3, 0.4) is 0 Å². The quantitative estimate of drug-likeness (QED) is 0.906. The molecule has 0 fully saturated rings. The zero-order valence-electron chi connectivity index (χ0n) is 12.8. The third-order valence-corrected chi connectivity index (χ3v) is 4.78. The molecule has 0 aliphatic carbocycles. The van der Waals surface area contributed by atoms with E-state index in [4.69, 9.17) is 0 Å². The van der Waals surface area contributed by atoms with E-state index in [2.05, 4.69) is 6.07 Å². The van der Waals surface area contributed by atoms with Gasteiger partial charge in [-0.2, -0.15) is 0 Å². The standard InChI is InChI=1S/C17H23NO3/c1-3-17(4-2,16(20)21)11-15(19)18-10-9-13-7-5-6-8-14(13)12-18/h5-8H,3-4,9-12H2,1-2H3,(H,20,21). The van der Waals surface area contributed by atoms with Crippen LogP contribution in [-0.4, -0.2) is 28.4 Å². The van der Waals surface area contributed by atoms with E-state index in [0.29, 0.717) is 25.9 Å². The van der Waals surface area contributed by atoms with Crippen molar-refractivity contribution in [3.8, 4) is 0 Å². The molecule has 21 heavy (non-hydrogen) atoms. The van der Waals surface area contributed by atoms with Crippen molar-refractivity contribution in [3.05, 3.63) is 35.4 Å². The molecule has 0 radical (unpaired) electrons. The molecular formula is C17H23NO3. The number of hydrogen-bond donors (Lipinski definition) is 1. The first-order valence-corrected chi connectivity index (χ1v) is 7.60. The Labute approximate surface area is 125 Å². The first-order chi connectivity index (χ1) is 10.0. The molecule has 4 nitrogen and oxygen atoms in total. The van der Waals surface area contributed by atoms with Gasteiger partial charge in [-0.1, -0.05) is 38.1 Å². The van der Waals surface area contributed by atoms with Gasteiger partial charge in [0.25, 0.3) is 0 Å². The van der Waals surface area contributed by atoms with Gasteiger partial charge in [-0.3, -0.25) is 9.59 Å². The number of carbonyl (C=O) groups excluding carboxylic acids is 1. The van der Waals surface area contributed by atoms with E-state index in [1.165, 1.54) is 11.1 Å². The van der Waals surface area contributed by atoms with E-state index in [1.807, 2.05) is 32.0 Å². The molecule has 0 bridgehead atoms. The number of aliphatic carboxylic acids is 1. The van der Waals surface area contributed by atoms with Crippen molar-refractivity contribution in [2.24, 2.45) is 5.41 Å². The first kappa shape index (κ1) is 15.5. The number of rotatable bonds is 5. The lowest BCUT2D eigenvalue weighted by Gasteiger charge is -2.33. The smallest absolute Gasteiger partial charge is 0.310 e. The fourth-order valence-electron chi connectivity index (χ4n) is 2.99. The van der Waals surface area contributed by atoms with Crippen molar-refractivity contribution in [3.63, 3.8) is 0 Å². The highest BCUT2D eigenvalue weighted by Gasteiger charge is 2.38. The fraction of sp³-hybridized carbons (Fsp3) is 0.529. The van der Waals surface area contributed by atoms with Crippen molar-refractivity contribution >= 4 is 11.9 Å². The highest BCUT2D eigenvalue weighted by atomic mass is 16.4. The predicted octanol–water partition coefficient (Wildman–Crippen LogP) is 2.85. The minimum Gasteiger partial charge on any atom is -0.481 e. The summed E-state index contributed by atoms with van der Waals surface area (Å²) in [5, 5.41) is 9.46. The zero-order valence-corrected chi connectivity index (χ0v) is 12.8. The Morgan fingerprint density at radius 3 is 2.38 bits per heavy atom. The van der Waals surface area contributed by atoms with E-state index in [9.17, 15) is 14.7 Å². The minimum absolute atomic E-state index is 0.0457. The number of benzene rings is 1. The molecule has 1 aromatic carbocycles. The summed E-state index contributed by atoms with van der Waals surface area (Å²) in [4.78, 5) is 25.8. The average Bonchev–Trinajstić information content (AvgIpc) is 2.51. The third-order valence-electron chi connectivity index (χ3n) is 4.78. The van der Waals surface area contributed by atoms with Crippen molar-refractivity contribution in [2.75, 3.05) is 6.54 Å². The largest absolute Gasteiger partial charge is 0.481 e. The van der Waals surface area contributed by atoms with Crippen LogP contribution in [0.5, 0.6) is 0 Å². The van der Waals surface area contributed by atoms with E-state index in [1.54, 1.807) is 4.90 Å². The molecule has 1 aromatic rings. The van der Waals surface area contributed by atoms with Crippen molar-refractivity contribution in [1.29, 1.82) is 0 Å². The van der Waals surface area contributed by atoms with Crippen LogP contribution < -0.4 is 0 Å². The van der Waals surface area contributed by atoms with Crippen molar-refractivity contribution in [2.45, 2.75) is 46.1 Å². The van der Waals surface area contributed by atoms with Crippen LogP contribution in [0.1, 0.15) is 44.2 Å². The van der Waals surface area contributed by atoms with E-state index in [0.717, 1.165) is 6.42 Å². The SMILES string of the molecule is CCC(CC)(CC(=O)N1CCc2ccccc2C1)C(=O)O. The van der Waals surface area contributed by atoms with Crippen LogP contribution in [0.4, 0.5) is 0 Å². The van der Waals surface area contributed by atoms with Gasteiger partial charge in [0.1, 0.15) is 0 Å². The number of amides is 1. The van der Waals surface area contributed by atoms with Gasteiger partial charge >= 0.3 is 5.97 Å². The summed E-state index contributed by atoms with van der Waals surface area (Å²) in [6, 6.07) is 8.13.